The third-order valence-corrected chi connectivity index (χ3v) is 6.98. The lowest BCUT2D eigenvalue weighted by molar-refractivity contribution is -0.124. The van der Waals surface area contributed by atoms with E-state index in [4.69, 9.17) is 4.74 Å². The van der Waals surface area contributed by atoms with E-state index in [0.29, 0.717) is 28.8 Å². The van der Waals surface area contributed by atoms with E-state index in [9.17, 15) is 14.4 Å². The number of carbonyl (C=O) groups is 3. The van der Waals surface area contributed by atoms with Crippen molar-refractivity contribution in [3.63, 3.8) is 0 Å². The largest absolute Gasteiger partial charge is 0.423 e. The Morgan fingerprint density at radius 2 is 1.41 bits per heavy atom. The normalized spacial score (nSPS) is 33.4. The Morgan fingerprint density at radius 1 is 0.828 bits per heavy atom. The summed E-state index contributed by atoms with van der Waals surface area (Å²) in [7, 11) is 0. The van der Waals surface area contributed by atoms with Crippen molar-refractivity contribution >= 4 is 23.5 Å². The second-order valence-electron chi connectivity index (χ2n) is 8.42. The van der Waals surface area contributed by atoms with E-state index in [1.54, 1.807) is 48.5 Å². The van der Waals surface area contributed by atoms with Crippen molar-refractivity contribution in [2.24, 2.45) is 35.5 Å². The summed E-state index contributed by atoms with van der Waals surface area (Å²) in [4.78, 5) is 39.8. The molecule has 0 unspecified atom stereocenters. The van der Waals surface area contributed by atoms with Crippen LogP contribution >= 0.6 is 0 Å². The van der Waals surface area contributed by atoms with Gasteiger partial charge in [-0.3, -0.25) is 14.5 Å². The highest BCUT2D eigenvalue weighted by Gasteiger charge is 2.67. The van der Waals surface area contributed by atoms with Crippen LogP contribution in [-0.4, -0.2) is 17.8 Å². The van der Waals surface area contributed by atoms with Crippen molar-refractivity contribution < 1.29 is 19.1 Å². The molecule has 1 aliphatic heterocycles. The maximum atomic E-state index is 13.1. The van der Waals surface area contributed by atoms with Gasteiger partial charge in [0.15, 0.2) is 0 Å². The smallest absolute Gasteiger partial charge is 0.343 e. The van der Waals surface area contributed by atoms with Gasteiger partial charge in [-0.1, -0.05) is 30.4 Å². The molecule has 2 saturated carbocycles. The number of hydrogen-bond donors (Lipinski definition) is 0. The highest BCUT2D eigenvalue weighted by molar-refractivity contribution is 6.22. The lowest BCUT2D eigenvalue weighted by Crippen LogP contribution is -2.40. The summed E-state index contributed by atoms with van der Waals surface area (Å²) in [6.07, 6.45) is 5.49. The summed E-state index contributed by atoms with van der Waals surface area (Å²) in [6, 6.07) is 15.4. The zero-order valence-electron chi connectivity index (χ0n) is 15.6. The third-order valence-electron chi connectivity index (χ3n) is 6.98. The Labute approximate surface area is 168 Å². The van der Waals surface area contributed by atoms with Crippen molar-refractivity contribution in [1.29, 1.82) is 0 Å². The Bertz CT molecular complexity index is 1020. The topological polar surface area (TPSA) is 63.7 Å². The third kappa shape index (κ3) is 2.36. The Morgan fingerprint density at radius 3 is 2.00 bits per heavy atom. The number of rotatable bonds is 3. The van der Waals surface area contributed by atoms with Gasteiger partial charge in [-0.15, -0.1) is 0 Å². The molecule has 7 rings (SSSR count). The molecule has 4 aliphatic carbocycles. The molecule has 1 saturated heterocycles. The number of nitrogens with zero attached hydrogens (tertiary/aromatic N) is 1. The van der Waals surface area contributed by atoms with Crippen molar-refractivity contribution in [2.75, 3.05) is 4.90 Å². The first-order chi connectivity index (χ1) is 14.1. The number of amides is 2. The average Bonchev–Trinajstić information content (AvgIpc) is 3.53. The van der Waals surface area contributed by atoms with Gasteiger partial charge in [-0.2, -0.15) is 0 Å². The van der Waals surface area contributed by atoms with Crippen LogP contribution in [-0.2, 0) is 9.59 Å². The van der Waals surface area contributed by atoms with Crippen LogP contribution in [0.25, 0.3) is 0 Å². The Balaban J connectivity index is 1.23. The zero-order valence-corrected chi connectivity index (χ0v) is 15.6. The van der Waals surface area contributed by atoms with Crippen molar-refractivity contribution in [3.05, 3.63) is 72.3 Å². The standard InChI is InChI=1S/C24H19NO4/c26-22-20-16-10-11-17(19-12-18(16)19)21(20)23(27)25(22)14-6-8-15(9-7-14)29-24(28)13-4-2-1-3-5-13/h1-11,16-21H,12H2/t16-,17+,18-,19-,20+,21-/m1/s1. The minimum Gasteiger partial charge on any atom is -0.423 e. The zero-order chi connectivity index (χ0) is 19.7. The summed E-state index contributed by atoms with van der Waals surface area (Å²) in [5.41, 5.74) is 1.01. The molecule has 3 fully saturated rings. The van der Waals surface area contributed by atoms with Gasteiger partial charge in [0.1, 0.15) is 5.75 Å². The predicted octanol–water partition coefficient (Wildman–Crippen LogP) is 3.46. The SMILES string of the molecule is O=C(Oc1ccc(N2C(=O)[C@@H]3[C@H]4C=C[C@H]([C@H]5C[C@H]45)[C@@H]3C2=O)cc1)c1ccccc1. The minimum absolute atomic E-state index is 0.0845. The van der Waals surface area contributed by atoms with Gasteiger partial charge in [0, 0.05) is 0 Å². The van der Waals surface area contributed by atoms with Crippen LogP contribution in [0, 0.1) is 35.5 Å². The average molecular weight is 385 g/mol. The predicted molar refractivity (Wildman–Crippen MR) is 105 cm³/mol. The molecule has 2 bridgehead atoms. The molecular formula is C24H19NO4. The van der Waals surface area contributed by atoms with Crippen molar-refractivity contribution in [1.82, 2.24) is 0 Å². The summed E-state index contributed by atoms with van der Waals surface area (Å²) in [6.45, 7) is 0. The van der Waals surface area contributed by atoms with E-state index >= 15 is 0 Å². The van der Waals surface area contributed by atoms with Crippen LogP contribution in [0.5, 0.6) is 5.75 Å². The van der Waals surface area contributed by atoms with E-state index in [1.807, 2.05) is 6.07 Å². The summed E-state index contributed by atoms with van der Waals surface area (Å²) >= 11 is 0. The quantitative estimate of drug-likeness (QED) is 0.351. The van der Waals surface area contributed by atoms with Gasteiger partial charge in [0.05, 0.1) is 23.1 Å². The molecule has 0 aromatic heterocycles. The number of anilines is 1. The monoisotopic (exact) mass is 385 g/mol. The molecule has 2 amide bonds. The van der Waals surface area contributed by atoms with E-state index in [2.05, 4.69) is 12.2 Å². The van der Waals surface area contributed by atoms with Crippen molar-refractivity contribution in [3.8, 4) is 5.75 Å². The van der Waals surface area contributed by atoms with Crippen LogP contribution < -0.4 is 9.64 Å². The maximum absolute atomic E-state index is 13.1. The lowest BCUT2D eigenvalue weighted by atomic mass is 9.63. The first kappa shape index (κ1) is 16.7. The molecule has 144 valence electrons. The summed E-state index contributed by atoms with van der Waals surface area (Å²) in [5.74, 6) is 0.934. The number of esters is 1. The number of hydrogen-bond acceptors (Lipinski definition) is 4. The molecule has 0 spiro atoms. The lowest BCUT2D eigenvalue weighted by Gasteiger charge is -2.37. The molecule has 1 heterocycles. The fourth-order valence-corrected chi connectivity index (χ4v) is 5.61. The van der Waals surface area contributed by atoms with Gasteiger partial charge >= 0.3 is 5.97 Å². The van der Waals surface area contributed by atoms with E-state index < -0.39 is 5.97 Å². The second kappa shape index (κ2) is 5.89. The Kier molecular flexibility index (Phi) is 3.40. The molecule has 2 aromatic rings. The van der Waals surface area contributed by atoms with Gasteiger partial charge < -0.3 is 4.74 Å². The highest BCUT2D eigenvalue weighted by atomic mass is 16.5. The molecule has 5 heteroatoms. The minimum atomic E-state index is -0.445. The molecule has 5 nitrogen and oxygen atoms in total. The number of carbonyl (C=O) groups excluding carboxylic acids is 3. The van der Waals surface area contributed by atoms with Gasteiger partial charge in [0.25, 0.3) is 0 Å². The first-order valence-corrected chi connectivity index (χ1v) is 10.1. The first-order valence-electron chi connectivity index (χ1n) is 10.1. The molecule has 29 heavy (non-hydrogen) atoms. The van der Waals surface area contributed by atoms with Gasteiger partial charge in [-0.05, 0) is 66.5 Å². The number of ether oxygens (including phenoxy) is 1. The number of allylic oxidation sites excluding steroid dienone is 2. The van der Waals surface area contributed by atoms with Crippen molar-refractivity contribution in [2.45, 2.75) is 6.42 Å². The molecular weight excluding hydrogens is 366 g/mol. The molecule has 6 atom stereocenters. The van der Waals surface area contributed by atoms with Crippen LogP contribution in [0.3, 0.4) is 0 Å². The van der Waals surface area contributed by atoms with Crippen LogP contribution in [0.1, 0.15) is 16.8 Å². The van der Waals surface area contributed by atoms with E-state index in [1.165, 1.54) is 4.90 Å². The van der Waals surface area contributed by atoms with Gasteiger partial charge in [-0.25, -0.2) is 4.79 Å². The molecule has 0 radical (unpaired) electrons. The van der Waals surface area contributed by atoms with Crippen LogP contribution in [0.2, 0.25) is 0 Å². The van der Waals surface area contributed by atoms with Crippen LogP contribution in [0.15, 0.2) is 66.7 Å². The Hall–Kier alpha value is -3.21. The summed E-state index contributed by atoms with van der Waals surface area (Å²) < 4.78 is 5.39. The molecule has 0 N–H and O–H groups in total. The maximum Gasteiger partial charge on any atom is 0.343 e. The summed E-state index contributed by atoms with van der Waals surface area (Å²) in [5, 5.41) is 0. The molecule has 5 aliphatic rings. The second-order valence-corrected chi connectivity index (χ2v) is 8.42. The molecule has 2 aromatic carbocycles. The van der Waals surface area contributed by atoms with E-state index in [0.717, 1.165) is 6.42 Å². The fraction of sp³-hybridized carbons (Fsp3) is 0.292. The number of benzene rings is 2. The fourth-order valence-electron chi connectivity index (χ4n) is 5.61. The highest BCUT2D eigenvalue weighted by Crippen LogP contribution is 2.65. The van der Waals surface area contributed by atoms with E-state index in [-0.39, 0.29) is 35.5 Å². The van der Waals surface area contributed by atoms with Gasteiger partial charge in [0.2, 0.25) is 11.8 Å². The number of imide groups is 1. The van der Waals surface area contributed by atoms with Crippen LogP contribution in [0.4, 0.5) is 5.69 Å².